The first kappa shape index (κ1) is 21.3. The third-order valence-electron chi connectivity index (χ3n) is 4.54. The van der Waals surface area contributed by atoms with Gasteiger partial charge in [-0.05, 0) is 42.8 Å². The number of benzene rings is 2. The van der Waals surface area contributed by atoms with Gasteiger partial charge in [0.05, 0.1) is 16.6 Å². The molecule has 3 aromatic rings. The number of halogens is 3. The van der Waals surface area contributed by atoms with Crippen LogP contribution in [0.25, 0.3) is 11.0 Å². The largest absolute Gasteiger partial charge is 0.416 e. The first-order valence-corrected chi connectivity index (χ1v) is 9.27. The number of carbonyl (C=O) groups is 1. The molecule has 0 spiro atoms. The number of aryl methyl sites for hydroxylation is 2. The third-order valence-corrected chi connectivity index (χ3v) is 4.54. The van der Waals surface area contributed by atoms with Gasteiger partial charge in [-0.15, -0.1) is 6.58 Å². The van der Waals surface area contributed by atoms with Crippen molar-refractivity contribution in [3.8, 4) is 0 Å². The van der Waals surface area contributed by atoms with E-state index in [1.807, 2.05) is 25.1 Å². The van der Waals surface area contributed by atoms with Gasteiger partial charge in [-0.25, -0.2) is 4.98 Å². The Morgan fingerprint density at radius 1 is 1.23 bits per heavy atom. The predicted octanol–water partition coefficient (Wildman–Crippen LogP) is 4.48. The molecule has 0 radical (unpaired) electrons. The van der Waals surface area contributed by atoms with Crippen molar-refractivity contribution < 1.29 is 18.0 Å². The molecule has 0 aliphatic heterocycles. The smallest absolute Gasteiger partial charge is 0.326 e. The number of amides is 1. The van der Waals surface area contributed by atoms with Crippen LogP contribution in [0.15, 0.2) is 59.9 Å². The summed E-state index contributed by atoms with van der Waals surface area (Å²) < 4.78 is 40.5. The number of alkyl halides is 3. The minimum atomic E-state index is -4.52. The maximum absolute atomic E-state index is 13.1. The monoisotopic (exact) mass is 415 g/mol. The van der Waals surface area contributed by atoms with Crippen LogP contribution < -0.4 is 10.9 Å². The predicted molar refractivity (Wildman–Crippen MR) is 109 cm³/mol. The van der Waals surface area contributed by atoms with Gasteiger partial charge in [0.1, 0.15) is 5.69 Å². The minimum absolute atomic E-state index is 0.000188. The van der Waals surface area contributed by atoms with Crippen LogP contribution in [0, 0.1) is 6.92 Å². The van der Waals surface area contributed by atoms with Gasteiger partial charge in [0.2, 0.25) is 5.91 Å². The second kappa shape index (κ2) is 8.52. The van der Waals surface area contributed by atoms with Crippen molar-refractivity contribution in [2.75, 3.05) is 5.32 Å². The van der Waals surface area contributed by atoms with Crippen LogP contribution in [0.2, 0.25) is 0 Å². The summed E-state index contributed by atoms with van der Waals surface area (Å²) in [5.74, 6) is -0.318. The number of carbonyl (C=O) groups excluding carboxylic acids is 1. The van der Waals surface area contributed by atoms with E-state index in [1.54, 1.807) is 6.07 Å². The molecule has 0 aliphatic carbocycles. The molecule has 0 unspecified atom stereocenters. The van der Waals surface area contributed by atoms with Gasteiger partial charge < -0.3 is 9.88 Å². The van der Waals surface area contributed by atoms with Crippen LogP contribution in [0.1, 0.15) is 23.2 Å². The Morgan fingerprint density at radius 3 is 2.67 bits per heavy atom. The molecule has 30 heavy (non-hydrogen) atoms. The molecule has 0 saturated carbocycles. The summed E-state index contributed by atoms with van der Waals surface area (Å²) in [6.07, 6.45) is -3.08. The highest BCUT2D eigenvalue weighted by Gasteiger charge is 2.31. The maximum Gasteiger partial charge on any atom is 0.416 e. The zero-order valence-corrected chi connectivity index (χ0v) is 16.3. The van der Waals surface area contributed by atoms with Crippen molar-refractivity contribution in [3.05, 3.63) is 82.3 Å². The fourth-order valence-corrected chi connectivity index (χ4v) is 3.13. The number of nitrogens with one attached hydrogen (secondary N) is 1. The molecule has 3 rings (SSSR count). The van der Waals surface area contributed by atoms with E-state index in [4.69, 9.17) is 0 Å². The van der Waals surface area contributed by atoms with E-state index < -0.39 is 17.3 Å². The molecule has 0 atom stereocenters. The lowest BCUT2D eigenvalue weighted by molar-refractivity contribution is -0.137. The normalized spacial score (nSPS) is 11.5. The Kier molecular flexibility index (Phi) is 6.05. The van der Waals surface area contributed by atoms with E-state index in [2.05, 4.69) is 16.9 Å². The first-order valence-electron chi connectivity index (χ1n) is 9.27. The van der Waals surface area contributed by atoms with Gasteiger partial charge in [-0.2, -0.15) is 13.2 Å². The van der Waals surface area contributed by atoms with Crippen LogP contribution >= 0.6 is 0 Å². The van der Waals surface area contributed by atoms with Gasteiger partial charge in [0.15, 0.2) is 0 Å². The lowest BCUT2D eigenvalue weighted by Crippen LogP contribution is -2.26. The van der Waals surface area contributed by atoms with Gasteiger partial charge >= 0.3 is 6.18 Å². The molecule has 1 amide bonds. The zero-order valence-electron chi connectivity index (χ0n) is 16.3. The fourth-order valence-electron chi connectivity index (χ4n) is 3.13. The molecular formula is C22H20F3N3O2. The Morgan fingerprint density at radius 2 is 2.00 bits per heavy atom. The van der Waals surface area contributed by atoms with E-state index in [1.165, 1.54) is 16.7 Å². The molecule has 0 aliphatic rings. The van der Waals surface area contributed by atoms with Crippen LogP contribution in [0.4, 0.5) is 18.9 Å². The minimum Gasteiger partial charge on any atom is -0.326 e. The standard InChI is InChI=1S/C22H20F3N3O2/c1-3-11-28-19-9-7-15(22(23,24)25)13-18(19)27-17(21(28)30)8-10-20(29)26-16-6-4-5-14(2)12-16/h3-7,9,12-13H,1,8,10-11H2,2H3,(H,26,29). The Labute approximate surface area is 170 Å². The molecule has 5 nitrogen and oxygen atoms in total. The summed E-state index contributed by atoms with van der Waals surface area (Å²) in [5, 5.41) is 2.74. The Bertz CT molecular complexity index is 1170. The third kappa shape index (κ3) is 4.76. The fraction of sp³-hybridized carbons (Fsp3) is 0.227. The average Bonchev–Trinajstić information content (AvgIpc) is 2.68. The van der Waals surface area contributed by atoms with E-state index in [9.17, 15) is 22.8 Å². The van der Waals surface area contributed by atoms with Gasteiger partial charge in [-0.3, -0.25) is 9.59 Å². The number of fused-ring (bicyclic) bond motifs is 1. The molecule has 0 saturated heterocycles. The van der Waals surface area contributed by atoms with Crippen LogP contribution in [-0.2, 0) is 23.9 Å². The van der Waals surface area contributed by atoms with Crippen molar-refractivity contribution in [2.24, 2.45) is 0 Å². The molecule has 1 N–H and O–H groups in total. The second-order valence-corrected chi connectivity index (χ2v) is 6.88. The lowest BCUT2D eigenvalue weighted by atomic mass is 10.1. The molecule has 156 valence electrons. The van der Waals surface area contributed by atoms with Crippen LogP contribution in [0.5, 0.6) is 0 Å². The topological polar surface area (TPSA) is 64.0 Å². The van der Waals surface area contributed by atoms with Crippen molar-refractivity contribution in [1.29, 1.82) is 0 Å². The number of aromatic nitrogens is 2. The first-order chi connectivity index (χ1) is 14.2. The number of hydrogen-bond donors (Lipinski definition) is 1. The molecule has 8 heteroatoms. The maximum atomic E-state index is 13.1. The highest BCUT2D eigenvalue weighted by Crippen LogP contribution is 2.30. The van der Waals surface area contributed by atoms with E-state index in [-0.39, 0.29) is 42.0 Å². The summed E-state index contributed by atoms with van der Waals surface area (Å²) in [7, 11) is 0. The molecule has 1 heterocycles. The number of allylic oxidation sites excluding steroid dienone is 1. The molecule has 2 aromatic carbocycles. The Balaban J connectivity index is 1.90. The summed E-state index contributed by atoms with van der Waals surface area (Å²) in [6.45, 7) is 5.61. The van der Waals surface area contributed by atoms with Gasteiger partial charge in [-0.1, -0.05) is 18.2 Å². The van der Waals surface area contributed by atoms with E-state index in [0.29, 0.717) is 5.69 Å². The van der Waals surface area contributed by atoms with Crippen molar-refractivity contribution in [1.82, 2.24) is 9.55 Å². The number of anilines is 1. The van der Waals surface area contributed by atoms with E-state index in [0.717, 1.165) is 17.7 Å². The Hall–Kier alpha value is -3.42. The average molecular weight is 415 g/mol. The number of hydrogen-bond acceptors (Lipinski definition) is 3. The van der Waals surface area contributed by atoms with Crippen LogP contribution in [-0.4, -0.2) is 15.5 Å². The summed E-state index contributed by atoms with van der Waals surface area (Å²) in [6, 6.07) is 10.3. The van der Waals surface area contributed by atoms with Crippen LogP contribution in [0.3, 0.4) is 0 Å². The SMILES string of the molecule is C=CCn1c(=O)c(CCC(=O)Nc2cccc(C)c2)nc2cc(C(F)(F)F)ccc21. The highest BCUT2D eigenvalue weighted by molar-refractivity contribution is 5.90. The van der Waals surface area contributed by atoms with E-state index >= 15 is 0 Å². The second-order valence-electron chi connectivity index (χ2n) is 6.88. The van der Waals surface area contributed by atoms with Crippen molar-refractivity contribution in [3.63, 3.8) is 0 Å². The zero-order chi connectivity index (χ0) is 21.9. The summed E-state index contributed by atoms with van der Waals surface area (Å²) in [5.41, 5.74) is 0.659. The molecule has 1 aromatic heterocycles. The quantitative estimate of drug-likeness (QED) is 0.604. The summed E-state index contributed by atoms with van der Waals surface area (Å²) >= 11 is 0. The van der Waals surface area contributed by atoms with Gasteiger partial charge in [0, 0.05) is 25.1 Å². The number of rotatable bonds is 6. The van der Waals surface area contributed by atoms with Gasteiger partial charge in [0.25, 0.3) is 5.56 Å². The highest BCUT2D eigenvalue weighted by atomic mass is 19.4. The lowest BCUT2D eigenvalue weighted by Gasteiger charge is -2.13. The summed E-state index contributed by atoms with van der Waals surface area (Å²) in [4.78, 5) is 29.2. The molecule has 0 fully saturated rings. The molecular weight excluding hydrogens is 395 g/mol. The van der Waals surface area contributed by atoms with Crippen molar-refractivity contribution >= 4 is 22.6 Å². The van der Waals surface area contributed by atoms with Crippen molar-refractivity contribution in [2.45, 2.75) is 32.5 Å². The number of nitrogens with zero attached hydrogens (tertiary/aromatic N) is 2. The molecule has 0 bridgehead atoms.